The number of hydrogen-bond acceptors (Lipinski definition) is 6. The number of rotatable bonds is 6. The molecule has 152 valence electrons. The largest absolute Gasteiger partial charge is 0.493 e. The van der Waals surface area contributed by atoms with Crippen molar-refractivity contribution >= 4 is 33.5 Å². The number of methoxy groups -OCH3 is 2. The molecule has 4 rings (SSSR count). The summed E-state index contributed by atoms with van der Waals surface area (Å²) in [6, 6.07) is 17.1. The summed E-state index contributed by atoms with van der Waals surface area (Å²) in [5, 5.41) is 3.59. The molecule has 30 heavy (non-hydrogen) atoms. The molecule has 0 saturated carbocycles. The quantitative estimate of drug-likeness (QED) is 0.488. The van der Waals surface area contributed by atoms with Crippen LogP contribution < -0.4 is 25.0 Å². The SMILES string of the molecule is COc1ccccc1OCC(=O)Nc1ccc2c(=O)c3cccc(OC)c3oc2c1. The molecule has 7 heteroatoms. The molecule has 4 aromatic rings. The summed E-state index contributed by atoms with van der Waals surface area (Å²) in [7, 11) is 3.04. The number of carbonyl (C=O) groups is 1. The molecule has 1 aromatic heterocycles. The molecule has 0 unspecified atom stereocenters. The predicted molar refractivity (Wildman–Crippen MR) is 114 cm³/mol. The van der Waals surface area contributed by atoms with Crippen LogP contribution in [0.5, 0.6) is 17.2 Å². The third kappa shape index (κ3) is 3.65. The van der Waals surface area contributed by atoms with Crippen molar-refractivity contribution in [3.8, 4) is 17.2 Å². The maximum absolute atomic E-state index is 12.8. The fourth-order valence-electron chi connectivity index (χ4n) is 3.17. The van der Waals surface area contributed by atoms with E-state index in [1.807, 2.05) is 6.07 Å². The second-order valence-electron chi connectivity index (χ2n) is 6.47. The number of hydrogen-bond donors (Lipinski definition) is 1. The lowest BCUT2D eigenvalue weighted by Crippen LogP contribution is -2.20. The van der Waals surface area contributed by atoms with Crippen LogP contribution in [0.3, 0.4) is 0 Å². The maximum Gasteiger partial charge on any atom is 0.262 e. The van der Waals surface area contributed by atoms with E-state index in [2.05, 4.69) is 5.32 Å². The molecule has 0 aliphatic carbocycles. The molecular formula is C23H19NO6. The zero-order valence-corrected chi connectivity index (χ0v) is 16.4. The molecule has 1 heterocycles. The van der Waals surface area contributed by atoms with Crippen molar-refractivity contribution in [2.24, 2.45) is 0 Å². The molecule has 0 aliphatic rings. The minimum absolute atomic E-state index is 0.164. The Kier molecular flexibility index (Phi) is 5.26. The third-order valence-electron chi connectivity index (χ3n) is 4.59. The van der Waals surface area contributed by atoms with Crippen molar-refractivity contribution in [3.05, 3.63) is 70.9 Å². The lowest BCUT2D eigenvalue weighted by Gasteiger charge is -2.11. The van der Waals surface area contributed by atoms with Gasteiger partial charge in [-0.1, -0.05) is 18.2 Å². The molecule has 0 atom stereocenters. The number of fused-ring (bicyclic) bond motifs is 2. The Morgan fingerprint density at radius 3 is 2.40 bits per heavy atom. The van der Waals surface area contributed by atoms with Crippen molar-refractivity contribution < 1.29 is 23.4 Å². The number of ether oxygens (including phenoxy) is 3. The van der Waals surface area contributed by atoms with Crippen molar-refractivity contribution in [2.45, 2.75) is 0 Å². The van der Waals surface area contributed by atoms with Crippen LogP contribution in [0.4, 0.5) is 5.69 Å². The zero-order chi connectivity index (χ0) is 21.1. The first-order valence-electron chi connectivity index (χ1n) is 9.20. The van der Waals surface area contributed by atoms with Gasteiger partial charge in [0.15, 0.2) is 29.4 Å². The number of carbonyl (C=O) groups excluding carboxylic acids is 1. The van der Waals surface area contributed by atoms with Crippen molar-refractivity contribution in [1.82, 2.24) is 0 Å². The average Bonchev–Trinajstić information content (AvgIpc) is 2.77. The van der Waals surface area contributed by atoms with E-state index >= 15 is 0 Å². The Morgan fingerprint density at radius 2 is 1.63 bits per heavy atom. The summed E-state index contributed by atoms with van der Waals surface area (Å²) in [6.45, 7) is -0.200. The first-order chi connectivity index (χ1) is 14.6. The molecule has 0 bridgehead atoms. The molecule has 1 amide bonds. The number of benzene rings is 3. The highest BCUT2D eigenvalue weighted by Gasteiger charge is 2.13. The van der Waals surface area contributed by atoms with Gasteiger partial charge in [0.25, 0.3) is 5.91 Å². The molecule has 7 nitrogen and oxygen atoms in total. The topological polar surface area (TPSA) is 87.0 Å². The smallest absolute Gasteiger partial charge is 0.262 e. The second-order valence-corrected chi connectivity index (χ2v) is 6.47. The van der Waals surface area contributed by atoms with Crippen LogP contribution in [-0.2, 0) is 4.79 Å². The fraction of sp³-hybridized carbons (Fsp3) is 0.130. The lowest BCUT2D eigenvalue weighted by molar-refractivity contribution is -0.118. The van der Waals surface area contributed by atoms with Crippen LogP contribution in [0.2, 0.25) is 0 Å². The Hall–Kier alpha value is -4.00. The van der Waals surface area contributed by atoms with E-state index in [1.165, 1.54) is 14.2 Å². The van der Waals surface area contributed by atoms with Gasteiger partial charge in [-0.15, -0.1) is 0 Å². The fourth-order valence-corrected chi connectivity index (χ4v) is 3.17. The highest BCUT2D eigenvalue weighted by Crippen LogP contribution is 2.28. The average molecular weight is 405 g/mol. The van der Waals surface area contributed by atoms with E-state index in [9.17, 15) is 9.59 Å². The van der Waals surface area contributed by atoms with E-state index in [4.69, 9.17) is 18.6 Å². The van der Waals surface area contributed by atoms with Gasteiger partial charge in [-0.2, -0.15) is 0 Å². The number of nitrogens with one attached hydrogen (secondary N) is 1. The van der Waals surface area contributed by atoms with E-state index in [-0.39, 0.29) is 17.9 Å². The molecule has 0 spiro atoms. The first kappa shape index (κ1) is 19.3. The van der Waals surface area contributed by atoms with E-state index in [1.54, 1.807) is 54.6 Å². The number of amides is 1. The number of anilines is 1. The lowest BCUT2D eigenvalue weighted by atomic mass is 10.1. The number of para-hydroxylation sites is 3. The van der Waals surface area contributed by atoms with Gasteiger partial charge in [0.1, 0.15) is 5.58 Å². The maximum atomic E-state index is 12.8. The van der Waals surface area contributed by atoms with E-state index in [0.29, 0.717) is 44.9 Å². The van der Waals surface area contributed by atoms with Gasteiger partial charge in [0.05, 0.1) is 25.0 Å². The standard InChI is InChI=1S/C23H19NO6/c1-27-17-7-3-4-8-18(17)29-13-21(25)24-14-10-11-15-20(12-14)30-23-16(22(15)26)6-5-9-19(23)28-2/h3-12H,13H2,1-2H3,(H,24,25). The molecule has 0 saturated heterocycles. The first-order valence-corrected chi connectivity index (χ1v) is 9.20. The summed E-state index contributed by atoms with van der Waals surface area (Å²) in [4.78, 5) is 25.1. The van der Waals surface area contributed by atoms with Gasteiger partial charge in [-0.05, 0) is 36.4 Å². The normalized spacial score (nSPS) is 10.7. The Morgan fingerprint density at radius 1 is 0.900 bits per heavy atom. The van der Waals surface area contributed by atoms with Gasteiger partial charge in [0, 0.05) is 11.8 Å². The van der Waals surface area contributed by atoms with Crippen LogP contribution in [-0.4, -0.2) is 26.7 Å². The molecule has 0 aliphatic heterocycles. The molecule has 0 fully saturated rings. The minimum atomic E-state index is -0.360. The summed E-state index contributed by atoms with van der Waals surface area (Å²) in [6.07, 6.45) is 0. The minimum Gasteiger partial charge on any atom is -0.493 e. The predicted octanol–water partition coefficient (Wildman–Crippen LogP) is 3.98. The summed E-state index contributed by atoms with van der Waals surface area (Å²) in [5.41, 5.74) is 1.02. The molecule has 1 N–H and O–H groups in total. The molecular weight excluding hydrogens is 386 g/mol. The van der Waals surface area contributed by atoms with E-state index in [0.717, 1.165) is 0 Å². The van der Waals surface area contributed by atoms with Crippen LogP contribution in [0, 0.1) is 0 Å². The van der Waals surface area contributed by atoms with Gasteiger partial charge in [0.2, 0.25) is 5.43 Å². The zero-order valence-electron chi connectivity index (χ0n) is 16.4. The van der Waals surface area contributed by atoms with E-state index < -0.39 is 0 Å². The van der Waals surface area contributed by atoms with Crippen molar-refractivity contribution in [3.63, 3.8) is 0 Å². The van der Waals surface area contributed by atoms with Gasteiger partial charge in [-0.3, -0.25) is 9.59 Å². The van der Waals surface area contributed by atoms with Crippen LogP contribution in [0.25, 0.3) is 21.9 Å². The molecule has 3 aromatic carbocycles. The Bertz CT molecular complexity index is 1290. The Balaban J connectivity index is 1.58. The summed E-state index contributed by atoms with van der Waals surface area (Å²) < 4.78 is 21.9. The van der Waals surface area contributed by atoms with Gasteiger partial charge >= 0.3 is 0 Å². The van der Waals surface area contributed by atoms with Crippen LogP contribution >= 0.6 is 0 Å². The third-order valence-corrected chi connectivity index (χ3v) is 4.59. The Labute approximate surface area is 171 Å². The second kappa shape index (κ2) is 8.16. The summed E-state index contributed by atoms with van der Waals surface area (Å²) in [5.74, 6) is 1.11. The van der Waals surface area contributed by atoms with Crippen molar-refractivity contribution in [1.29, 1.82) is 0 Å². The van der Waals surface area contributed by atoms with Gasteiger partial charge in [-0.25, -0.2) is 0 Å². The highest BCUT2D eigenvalue weighted by molar-refractivity contribution is 5.96. The van der Waals surface area contributed by atoms with Crippen molar-refractivity contribution in [2.75, 3.05) is 26.1 Å². The van der Waals surface area contributed by atoms with Gasteiger partial charge < -0.3 is 23.9 Å². The monoisotopic (exact) mass is 405 g/mol. The summed E-state index contributed by atoms with van der Waals surface area (Å²) >= 11 is 0. The highest BCUT2D eigenvalue weighted by atomic mass is 16.5. The van der Waals surface area contributed by atoms with Crippen LogP contribution in [0.15, 0.2) is 69.9 Å². The van der Waals surface area contributed by atoms with Crippen LogP contribution in [0.1, 0.15) is 0 Å². The molecule has 0 radical (unpaired) electrons.